The van der Waals surface area contributed by atoms with Crippen molar-refractivity contribution in [2.75, 3.05) is 20.3 Å². The van der Waals surface area contributed by atoms with Crippen molar-refractivity contribution >= 4 is 23.1 Å². The fourth-order valence-electron chi connectivity index (χ4n) is 1.93. The maximum Gasteiger partial charge on any atom is 0.341 e. The van der Waals surface area contributed by atoms with Crippen LogP contribution in [0.5, 0.6) is 17.4 Å². The van der Waals surface area contributed by atoms with Crippen LogP contribution in [0.4, 0.5) is 0 Å². The first kappa shape index (κ1) is 17.6. The number of methoxy groups -OCH3 is 2. The van der Waals surface area contributed by atoms with Crippen LogP contribution in [0, 0.1) is 0 Å². The van der Waals surface area contributed by atoms with Crippen molar-refractivity contribution in [3.05, 3.63) is 54.4 Å². The zero-order valence-electron chi connectivity index (χ0n) is 13.2. The van der Waals surface area contributed by atoms with Gasteiger partial charge in [0.15, 0.2) is 6.07 Å². The topological polar surface area (TPSA) is 66.9 Å². The van der Waals surface area contributed by atoms with E-state index in [2.05, 4.69) is 4.98 Å². The van der Waals surface area contributed by atoms with E-state index in [4.69, 9.17) is 30.5 Å². The average molecular weight is 350 g/mol. The molecule has 0 saturated carbocycles. The van der Waals surface area contributed by atoms with Crippen molar-refractivity contribution in [3.8, 4) is 17.4 Å². The summed E-state index contributed by atoms with van der Waals surface area (Å²) in [6.07, 6.45) is 2.84. The zero-order valence-corrected chi connectivity index (χ0v) is 13.9. The number of esters is 1. The number of halogens is 1. The summed E-state index contributed by atoms with van der Waals surface area (Å²) < 4.78 is 20.7. The number of rotatable bonds is 7. The van der Waals surface area contributed by atoms with Crippen molar-refractivity contribution in [3.63, 3.8) is 0 Å². The number of aromatic nitrogens is 1. The summed E-state index contributed by atoms with van der Waals surface area (Å²) in [5.74, 6) is 0.711. The minimum atomic E-state index is -0.561. The molecule has 0 aliphatic heterocycles. The van der Waals surface area contributed by atoms with Crippen molar-refractivity contribution in [1.29, 1.82) is 0 Å². The molecule has 0 radical (unpaired) electrons. The molecular formula is C17H16ClNO5. The highest BCUT2D eigenvalue weighted by Gasteiger charge is 2.19. The molecule has 0 N–H and O–H groups in total. The molecule has 0 unspecified atom stereocenters. The standard InChI is InChI=1S/C17H16ClNO5/c1-21-10-15(17(20)22-2)14-7-4-8-19-16(14)24-13-6-3-5-12(9-13)23-11-18/h3-10H,11H2,1-2H3/b15-10+. The van der Waals surface area contributed by atoms with E-state index in [1.807, 2.05) is 0 Å². The molecule has 6 nitrogen and oxygen atoms in total. The van der Waals surface area contributed by atoms with Crippen LogP contribution in [0.3, 0.4) is 0 Å². The molecule has 0 saturated heterocycles. The SMILES string of the molecule is CO/C=C(/C(=O)OC)c1cccnc1Oc1cccc(OCCl)c1. The molecule has 0 bridgehead atoms. The van der Waals surface area contributed by atoms with E-state index in [9.17, 15) is 4.79 Å². The molecule has 0 amide bonds. The van der Waals surface area contributed by atoms with E-state index in [1.54, 1.807) is 42.6 Å². The van der Waals surface area contributed by atoms with Gasteiger partial charge in [-0.3, -0.25) is 0 Å². The fourth-order valence-corrected chi connectivity index (χ4v) is 2.05. The third-order valence-electron chi connectivity index (χ3n) is 2.94. The Morgan fingerprint density at radius 1 is 1.21 bits per heavy atom. The number of alkyl halides is 1. The third-order valence-corrected chi connectivity index (χ3v) is 3.05. The molecule has 1 aromatic heterocycles. The summed E-state index contributed by atoms with van der Waals surface area (Å²) >= 11 is 5.55. The second kappa shape index (κ2) is 8.79. The molecule has 126 valence electrons. The normalized spacial score (nSPS) is 10.9. The maximum absolute atomic E-state index is 12.0. The van der Waals surface area contributed by atoms with Gasteiger partial charge < -0.3 is 18.9 Å². The van der Waals surface area contributed by atoms with Gasteiger partial charge in [-0.25, -0.2) is 9.78 Å². The predicted molar refractivity (Wildman–Crippen MR) is 89.1 cm³/mol. The molecule has 0 atom stereocenters. The van der Waals surface area contributed by atoms with E-state index in [-0.39, 0.29) is 17.5 Å². The smallest absolute Gasteiger partial charge is 0.341 e. The van der Waals surface area contributed by atoms with Gasteiger partial charge in [-0.1, -0.05) is 17.7 Å². The quantitative estimate of drug-likeness (QED) is 0.329. The number of hydrogen-bond acceptors (Lipinski definition) is 6. The van der Waals surface area contributed by atoms with Crippen molar-refractivity contribution in [2.24, 2.45) is 0 Å². The van der Waals surface area contributed by atoms with Crippen LogP contribution in [0.1, 0.15) is 5.56 Å². The highest BCUT2D eigenvalue weighted by Crippen LogP contribution is 2.30. The summed E-state index contributed by atoms with van der Waals surface area (Å²) in [7, 11) is 2.72. The number of pyridine rings is 1. The predicted octanol–water partition coefficient (Wildman–Crippen LogP) is 3.61. The van der Waals surface area contributed by atoms with Crippen LogP contribution in [-0.2, 0) is 14.3 Å². The number of benzene rings is 1. The number of nitrogens with zero attached hydrogens (tertiary/aromatic N) is 1. The Bertz CT molecular complexity index is 732. The third kappa shape index (κ3) is 4.39. The van der Waals surface area contributed by atoms with E-state index < -0.39 is 5.97 Å². The van der Waals surface area contributed by atoms with E-state index in [0.29, 0.717) is 17.1 Å². The summed E-state index contributed by atoms with van der Waals surface area (Å²) in [5.41, 5.74) is 0.631. The minimum Gasteiger partial charge on any atom is -0.503 e. The second-order valence-electron chi connectivity index (χ2n) is 4.45. The summed E-state index contributed by atoms with van der Waals surface area (Å²) in [5, 5.41) is 0. The summed E-state index contributed by atoms with van der Waals surface area (Å²) in [4.78, 5) is 16.1. The molecule has 1 heterocycles. The monoisotopic (exact) mass is 349 g/mol. The Kier molecular flexibility index (Phi) is 6.45. The highest BCUT2D eigenvalue weighted by atomic mass is 35.5. The van der Waals surface area contributed by atoms with Gasteiger partial charge in [-0.15, -0.1) is 0 Å². The molecule has 1 aromatic carbocycles. The van der Waals surface area contributed by atoms with E-state index >= 15 is 0 Å². The molecule has 0 aliphatic rings. The zero-order chi connectivity index (χ0) is 17.4. The molecule has 0 aliphatic carbocycles. The maximum atomic E-state index is 12.0. The van der Waals surface area contributed by atoms with Crippen LogP contribution in [0.15, 0.2) is 48.9 Å². The molecular weight excluding hydrogens is 334 g/mol. The molecule has 7 heteroatoms. The Morgan fingerprint density at radius 2 is 2.00 bits per heavy atom. The van der Waals surface area contributed by atoms with Gasteiger partial charge in [0.05, 0.1) is 26.0 Å². The largest absolute Gasteiger partial charge is 0.503 e. The first-order chi connectivity index (χ1) is 11.7. The van der Waals surface area contributed by atoms with Crippen LogP contribution in [0.2, 0.25) is 0 Å². The first-order valence-electron chi connectivity index (χ1n) is 6.93. The van der Waals surface area contributed by atoms with Crippen LogP contribution >= 0.6 is 11.6 Å². The van der Waals surface area contributed by atoms with Crippen LogP contribution in [0.25, 0.3) is 5.57 Å². The van der Waals surface area contributed by atoms with Crippen molar-refractivity contribution in [1.82, 2.24) is 4.98 Å². The van der Waals surface area contributed by atoms with E-state index in [1.165, 1.54) is 20.5 Å². The van der Waals surface area contributed by atoms with Gasteiger partial charge in [0.1, 0.15) is 17.1 Å². The first-order valence-corrected chi connectivity index (χ1v) is 7.46. The number of ether oxygens (including phenoxy) is 4. The van der Waals surface area contributed by atoms with Crippen molar-refractivity contribution in [2.45, 2.75) is 0 Å². The molecule has 0 spiro atoms. The van der Waals surface area contributed by atoms with Crippen molar-refractivity contribution < 1.29 is 23.7 Å². The van der Waals surface area contributed by atoms with Gasteiger partial charge in [-0.2, -0.15) is 0 Å². The summed E-state index contributed by atoms with van der Waals surface area (Å²) in [6, 6.07) is 10.3. The van der Waals surface area contributed by atoms with Gasteiger partial charge >= 0.3 is 5.97 Å². The van der Waals surface area contributed by atoms with Gasteiger partial charge in [-0.05, 0) is 24.3 Å². The fraction of sp³-hybridized carbons (Fsp3) is 0.176. The molecule has 0 fully saturated rings. The molecule has 24 heavy (non-hydrogen) atoms. The Labute approximate surface area is 144 Å². The van der Waals surface area contributed by atoms with E-state index in [0.717, 1.165) is 0 Å². The Morgan fingerprint density at radius 3 is 2.71 bits per heavy atom. The Balaban J connectivity index is 2.36. The Hall–Kier alpha value is -2.73. The lowest BCUT2D eigenvalue weighted by Crippen LogP contribution is -2.06. The highest BCUT2D eigenvalue weighted by molar-refractivity contribution is 6.17. The van der Waals surface area contributed by atoms with Gasteiger partial charge in [0, 0.05) is 12.3 Å². The minimum absolute atomic E-state index is 0.0291. The van der Waals surface area contributed by atoms with Gasteiger partial charge in [0.25, 0.3) is 0 Å². The number of carbonyl (C=O) groups excluding carboxylic acids is 1. The molecule has 2 aromatic rings. The summed E-state index contributed by atoms with van der Waals surface area (Å²) in [6.45, 7) is 0. The van der Waals surface area contributed by atoms with Crippen LogP contribution < -0.4 is 9.47 Å². The number of hydrogen-bond donors (Lipinski definition) is 0. The lowest BCUT2D eigenvalue weighted by molar-refractivity contribution is -0.133. The lowest BCUT2D eigenvalue weighted by atomic mass is 10.1. The average Bonchev–Trinajstić information content (AvgIpc) is 2.60. The number of carbonyl (C=O) groups is 1. The van der Waals surface area contributed by atoms with Crippen LogP contribution in [-0.4, -0.2) is 31.2 Å². The molecule has 2 rings (SSSR count). The second-order valence-corrected chi connectivity index (χ2v) is 4.66. The lowest BCUT2D eigenvalue weighted by Gasteiger charge is -2.12. The van der Waals surface area contributed by atoms with Gasteiger partial charge in [0.2, 0.25) is 5.88 Å².